The van der Waals surface area contributed by atoms with Crippen LogP contribution in [0.2, 0.25) is 0 Å². The molecule has 0 spiro atoms. The molecule has 0 aliphatic heterocycles. The fraction of sp³-hybridized carbons (Fsp3) is 0.176. The zero-order valence-electron chi connectivity index (χ0n) is 12.7. The van der Waals surface area contributed by atoms with Crippen LogP contribution in [0.4, 0.5) is 9.39 Å². The topological polar surface area (TPSA) is 88.2 Å². The molecule has 0 bridgehead atoms. The molecule has 4 N–H and O–H groups in total. The maximum absolute atomic E-state index is 13.7. The number of carbonyl (C=O) groups excluding carboxylic acids is 1. The number of hydrogen-bond acceptors (Lipinski definition) is 5. The highest BCUT2D eigenvalue weighted by atomic mass is 32.1. The molecule has 3 aromatic rings. The van der Waals surface area contributed by atoms with Crippen molar-refractivity contribution in [3.63, 3.8) is 0 Å². The summed E-state index contributed by atoms with van der Waals surface area (Å²) in [7, 11) is 0. The van der Waals surface area contributed by atoms with E-state index in [0.717, 1.165) is 17.3 Å². The van der Waals surface area contributed by atoms with E-state index in [1.807, 2.05) is 0 Å². The molecule has 0 aliphatic rings. The fourth-order valence-electron chi connectivity index (χ4n) is 2.45. The summed E-state index contributed by atoms with van der Waals surface area (Å²) in [5, 5.41) is 12.9. The maximum Gasteiger partial charge on any atom is 0.233 e. The Morgan fingerprint density at radius 1 is 1.33 bits per heavy atom. The molecule has 1 unspecified atom stereocenters. The third kappa shape index (κ3) is 3.28. The first kappa shape index (κ1) is 16.5. The molecule has 2 heterocycles. The molecular weight excluding hydrogens is 329 g/mol. The Hall–Kier alpha value is -2.35. The van der Waals surface area contributed by atoms with E-state index in [0.29, 0.717) is 15.1 Å². The average Bonchev–Trinajstić information content (AvgIpc) is 3.00. The molecule has 24 heavy (non-hydrogen) atoms. The van der Waals surface area contributed by atoms with Crippen molar-refractivity contribution in [3.8, 4) is 0 Å². The van der Waals surface area contributed by atoms with Crippen LogP contribution in [0.3, 0.4) is 0 Å². The molecule has 124 valence electrons. The zero-order chi connectivity index (χ0) is 17.1. The van der Waals surface area contributed by atoms with Crippen LogP contribution >= 0.6 is 11.3 Å². The quantitative estimate of drug-likeness (QED) is 0.663. The summed E-state index contributed by atoms with van der Waals surface area (Å²) in [6.07, 6.45) is 2.71. The lowest BCUT2D eigenvalue weighted by atomic mass is 9.97. The van der Waals surface area contributed by atoms with Crippen LogP contribution in [-0.4, -0.2) is 22.5 Å². The van der Waals surface area contributed by atoms with Gasteiger partial charge in [-0.05, 0) is 17.2 Å². The number of nitrogens with one attached hydrogen (secondary N) is 1. The number of benzene rings is 1. The minimum absolute atomic E-state index is 0.0544. The number of anilines is 1. The lowest BCUT2D eigenvalue weighted by molar-refractivity contribution is -0.117. The minimum Gasteiger partial charge on any atom is -0.392 e. The van der Waals surface area contributed by atoms with E-state index in [1.165, 1.54) is 11.3 Å². The molecule has 0 saturated heterocycles. The summed E-state index contributed by atoms with van der Waals surface area (Å²) in [5.41, 5.74) is 7.28. The van der Waals surface area contributed by atoms with Crippen LogP contribution < -0.4 is 11.1 Å². The SMILES string of the molecule is NCC(C(=O)Nc1cc2c(F)cncc2s1)c1ccc(CO)cc1. The predicted molar refractivity (Wildman–Crippen MR) is 92.4 cm³/mol. The van der Waals surface area contributed by atoms with Crippen molar-refractivity contribution in [1.29, 1.82) is 0 Å². The third-order valence-electron chi connectivity index (χ3n) is 3.76. The molecule has 7 heteroatoms. The Kier molecular flexibility index (Phi) is 4.84. The number of rotatable bonds is 5. The molecule has 5 nitrogen and oxygen atoms in total. The van der Waals surface area contributed by atoms with Crippen LogP contribution in [0.25, 0.3) is 10.1 Å². The van der Waals surface area contributed by atoms with Gasteiger partial charge < -0.3 is 16.2 Å². The van der Waals surface area contributed by atoms with Gasteiger partial charge >= 0.3 is 0 Å². The van der Waals surface area contributed by atoms with E-state index in [1.54, 1.807) is 36.5 Å². The normalized spacial score (nSPS) is 12.3. The van der Waals surface area contributed by atoms with Gasteiger partial charge in [-0.25, -0.2) is 4.39 Å². The van der Waals surface area contributed by atoms with Crippen molar-refractivity contribution < 1.29 is 14.3 Å². The molecule has 0 saturated carbocycles. The van der Waals surface area contributed by atoms with Gasteiger partial charge in [-0.1, -0.05) is 24.3 Å². The minimum atomic E-state index is -0.522. The first-order valence-corrected chi connectivity index (χ1v) is 8.17. The number of aromatic nitrogens is 1. The lowest BCUT2D eigenvalue weighted by Gasteiger charge is -2.15. The summed E-state index contributed by atoms with van der Waals surface area (Å²) < 4.78 is 14.4. The number of amides is 1. The van der Waals surface area contributed by atoms with Crippen LogP contribution in [0.1, 0.15) is 17.0 Å². The Bertz CT molecular complexity index is 864. The van der Waals surface area contributed by atoms with Gasteiger partial charge in [0.1, 0.15) is 5.82 Å². The lowest BCUT2D eigenvalue weighted by Crippen LogP contribution is -2.27. The summed E-state index contributed by atoms with van der Waals surface area (Å²) in [6, 6.07) is 8.66. The molecule has 0 radical (unpaired) electrons. The van der Waals surface area contributed by atoms with E-state index < -0.39 is 11.7 Å². The molecule has 0 aliphatic carbocycles. The number of aliphatic hydroxyl groups excluding tert-OH is 1. The predicted octanol–water partition coefficient (Wildman–Crippen LogP) is 2.61. The van der Waals surface area contributed by atoms with Crippen molar-refractivity contribution in [1.82, 2.24) is 4.98 Å². The maximum atomic E-state index is 13.7. The Morgan fingerprint density at radius 2 is 2.08 bits per heavy atom. The number of pyridine rings is 1. The molecule has 1 aromatic carbocycles. The number of aliphatic hydroxyl groups is 1. The fourth-order valence-corrected chi connectivity index (χ4v) is 3.39. The highest BCUT2D eigenvalue weighted by Crippen LogP contribution is 2.31. The van der Waals surface area contributed by atoms with Gasteiger partial charge in [0.15, 0.2) is 0 Å². The number of nitrogens with zero attached hydrogens (tertiary/aromatic N) is 1. The number of nitrogens with two attached hydrogens (primary N) is 1. The first-order chi connectivity index (χ1) is 11.6. The van der Waals surface area contributed by atoms with Crippen molar-refractivity contribution >= 4 is 32.3 Å². The third-order valence-corrected chi connectivity index (χ3v) is 4.75. The number of fused-ring (bicyclic) bond motifs is 1. The van der Waals surface area contributed by atoms with Crippen LogP contribution in [0, 0.1) is 5.82 Å². The Balaban J connectivity index is 1.81. The van der Waals surface area contributed by atoms with Gasteiger partial charge in [-0.2, -0.15) is 0 Å². The summed E-state index contributed by atoms with van der Waals surface area (Å²) in [5.74, 6) is -1.20. The van der Waals surface area contributed by atoms with Gasteiger partial charge in [-0.3, -0.25) is 9.78 Å². The molecule has 0 fully saturated rings. The van der Waals surface area contributed by atoms with E-state index >= 15 is 0 Å². The van der Waals surface area contributed by atoms with Crippen molar-refractivity contribution in [2.45, 2.75) is 12.5 Å². The van der Waals surface area contributed by atoms with E-state index in [4.69, 9.17) is 10.8 Å². The van der Waals surface area contributed by atoms with Crippen LogP contribution in [0.15, 0.2) is 42.7 Å². The number of hydrogen-bond donors (Lipinski definition) is 3. The average molecular weight is 345 g/mol. The van der Waals surface area contributed by atoms with Gasteiger partial charge in [-0.15, -0.1) is 11.3 Å². The van der Waals surface area contributed by atoms with E-state index in [9.17, 15) is 9.18 Å². The Morgan fingerprint density at radius 3 is 2.71 bits per heavy atom. The van der Waals surface area contributed by atoms with E-state index in [-0.39, 0.29) is 19.1 Å². The van der Waals surface area contributed by atoms with Crippen LogP contribution in [-0.2, 0) is 11.4 Å². The molecule has 1 atom stereocenters. The monoisotopic (exact) mass is 345 g/mol. The smallest absolute Gasteiger partial charge is 0.233 e. The van der Waals surface area contributed by atoms with Crippen LogP contribution in [0.5, 0.6) is 0 Å². The molecular formula is C17H16FN3O2S. The van der Waals surface area contributed by atoms with Crippen molar-refractivity contribution in [3.05, 3.63) is 59.7 Å². The number of carbonyl (C=O) groups is 1. The highest BCUT2D eigenvalue weighted by molar-refractivity contribution is 7.22. The zero-order valence-corrected chi connectivity index (χ0v) is 13.5. The van der Waals surface area contributed by atoms with Crippen molar-refractivity contribution in [2.24, 2.45) is 5.73 Å². The van der Waals surface area contributed by atoms with E-state index in [2.05, 4.69) is 10.3 Å². The second-order valence-corrected chi connectivity index (χ2v) is 6.40. The van der Waals surface area contributed by atoms with Gasteiger partial charge in [0.05, 0.1) is 28.4 Å². The second kappa shape index (κ2) is 7.04. The standard InChI is InChI=1S/C17H16FN3O2S/c18-14-7-20-8-15-12(14)5-16(24-15)21-17(23)13(6-19)11-3-1-10(9-22)2-4-11/h1-5,7-8,13,22H,6,9,19H2,(H,21,23). The molecule has 3 rings (SSSR count). The largest absolute Gasteiger partial charge is 0.392 e. The highest BCUT2D eigenvalue weighted by Gasteiger charge is 2.20. The Labute approximate surface area is 142 Å². The first-order valence-electron chi connectivity index (χ1n) is 7.36. The second-order valence-electron chi connectivity index (χ2n) is 5.32. The van der Waals surface area contributed by atoms with Crippen molar-refractivity contribution in [2.75, 3.05) is 11.9 Å². The summed E-state index contributed by atoms with van der Waals surface area (Å²) in [6.45, 7) is 0.0896. The van der Waals surface area contributed by atoms with Gasteiger partial charge in [0, 0.05) is 18.1 Å². The molecule has 1 amide bonds. The van der Waals surface area contributed by atoms with Gasteiger partial charge in [0.25, 0.3) is 0 Å². The number of thiophene rings is 1. The number of halogens is 1. The summed E-state index contributed by atoms with van der Waals surface area (Å²) >= 11 is 1.26. The summed E-state index contributed by atoms with van der Waals surface area (Å²) in [4.78, 5) is 16.3. The molecule has 2 aromatic heterocycles. The van der Waals surface area contributed by atoms with Gasteiger partial charge in [0.2, 0.25) is 5.91 Å².